The van der Waals surface area contributed by atoms with Crippen LogP contribution in [0.2, 0.25) is 0 Å². The molecule has 0 atom stereocenters. The molecule has 4 aromatic rings. The second kappa shape index (κ2) is 17.3. The smallest absolute Gasteiger partial charge is 0.145 e. The predicted octanol–water partition coefficient (Wildman–Crippen LogP) is 4.32. The molecule has 9 heteroatoms. The van der Waals surface area contributed by atoms with Gasteiger partial charge in [-0.25, -0.2) is 0 Å². The Bertz CT molecular complexity index is 1130. The molecule has 208 valence electrons. The van der Waals surface area contributed by atoms with Crippen LogP contribution >= 0.6 is 0 Å². The zero-order valence-corrected chi connectivity index (χ0v) is 22.2. The van der Waals surface area contributed by atoms with E-state index >= 15 is 0 Å². The quantitative estimate of drug-likeness (QED) is 0.153. The summed E-state index contributed by atoms with van der Waals surface area (Å²) >= 11 is 0. The number of hydrogen-bond acceptors (Lipinski definition) is 9. The van der Waals surface area contributed by atoms with Gasteiger partial charge >= 0.3 is 0 Å². The average Bonchev–Trinajstić information content (AvgIpc) is 2.98. The Balaban J connectivity index is 0.886. The third kappa shape index (κ3) is 10.0. The number of fused-ring (bicyclic) bond motifs is 2. The summed E-state index contributed by atoms with van der Waals surface area (Å²) in [5, 5.41) is 2.11. The van der Waals surface area contributed by atoms with Crippen molar-refractivity contribution in [2.45, 2.75) is 0 Å². The standard InChI is InChI=1S/C30H36N2O7/c1-5-25-7-3-11-31-29(25)27(9-1)38-23-21-36-19-17-34-15-13-33-14-16-35-18-20-37-22-24-39-28-10-2-6-26-8-4-12-32-30(26)28/h1-12H,13-24H2. The lowest BCUT2D eigenvalue weighted by Gasteiger charge is -2.10. The summed E-state index contributed by atoms with van der Waals surface area (Å²) in [6.07, 6.45) is 3.53. The van der Waals surface area contributed by atoms with Gasteiger partial charge in [-0.3, -0.25) is 9.97 Å². The van der Waals surface area contributed by atoms with Crippen LogP contribution < -0.4 is 9.47 Å². The monoisotopic (exact) mass is 536 g/mol. The molecule has 0 fully saturated rings. The van der Waals surface area contributed by atoms with Gasteiger partial charge in [0.2, 0.25) is 0 Å². The van der Waals surface area contributed by atoms with Crippen LogP contribution in [-0.2, 0) is 23.7 Å². The van der Waals surface area contributed by atoms with Gasteiger partial charge in [-0.05, 0) is 24.3 Å². The molecule has 0 bridgehead atoms. The van der Waals surface area contributed by atoms with Gasteiger partial charge in [-0.15, -0.1) is 0 Å². The van der Waals surface area contributed by atoms with Gasteiger partial charge in [0.25, 0.3) is 0 Å². The largest absolute Gasteiger partial charge is 0.489 e. The molecule has 2 aromatic heterocycles. The summed E-state index contributed by atoms with van der Waals surface area (Å²) in [4.78, 5) is 8.76. The molecule has 0 saturated carbocycles. The van der Waals surface area contributed by atoms with Crippen LogP contribution in [-0.4, -0.2) is 89.3 Å². The summed E-state index contributed by atoms with van der Waals surface area (Å²) < 4.78 is 39.3. The highest BCUT2D eigenvalue weighted by molar-refractivity contribution is 5.84. The first-order valence-electron chi connectivity index (χ1n) is 13.2. The average molecular weight is 537 g/mol. The molecule has 0 unspecified atom stereocenters. The summed E-state index contributed by atoms with van der Waals surface area (Å²) in [5.41, 5.74) is 1.72. The molecular weight excluding hydrogens is 500 g/mol. The van der Waals surface area contributed by atoms with Gasteiger partial charge in [0.05, 0.1) is 66.1 Å². The molecule has 0 aliphatic carbocycles. The van der Waals surface area contributed by atoms with E-state index in [1.54, 1.807) is 12.4 Å². The van der Waals surface area contributed by atoms with Crippen LogP contribution in [0.4, 0.5) is 0 Å². The fourth-order valence-electron chi connectivity index (χ4n) is 3.79. The summed E-state index contributed by atoms with van der Waals surface area (Å²) in [7, 11) is 0. The van der Waals surface area contributed by atoms with Crippen molar-refractivity contribution in [3.63, 3.8) is 0 Å². The van der Waals surface area contributed by atoms with Crippen LogP contribution in [0.25, 0.3) is 21.8 Å². The van der Waals surface area contributed by atoms with Gasteiger partial charge in [0.1, 0.15) is 35.7 Å². The van der Waals surface area contributed by atoms with E-state index < -0.39 is 0 Å². The Morgan fingerprint density at radius 2 is 0.718 bits per heavy atom. The molecule has 0 amide bonds. The van der Waals surface area contributed by atoms with Gasteiger partial charge in [0, 0.05) is 23.2 Å². The lowest BCUT2D eigenvalue weighted by molar-refractivity contribution is -0.0141. The molecule has 0 aliphatic heterocycles. The predicted molar refractivity (Wildman–Crippen MR) is 149 cm³/mol. The second-order valence-corrected chi connectivity index (χ2v) is 8.42. The van der Waals surface area contributed by atoms with E-state index in [-0.39, 0.29) is 0 Å². The van der Waals surface area contributed by atoms with E-state index in [0.29, 0.717) is 79.3 Å². The molecule has 0 radical (unpaired) electrons. The zero-order valence-electron chi connectivity index (χ0n) is 22.2. The van der Waals surface area contributed by atoms with Gasteiger partial charge in [0.15, 0.2) is 0 Å². The summed E-state index contributed by atoms with van der Waals surface area (Å²) in [6, 6.07) is 19.6. The van der Waals surface area contributed by atoms with E-state index in [4.69, 9.17) is 33.2 Å². The zero-order chi connectivity index (χ0) is 26.8. The van der Waals surface area contributed by atoms with Crippen molar-refractivity contribution < 1.29 is 33.2 Å². The SMILES string of the molecule is c1cnc2c(OCCOCCOCCOCCOCCOCCOc3cccc4cccnc34)cccc2c1. The summed E-state index contributed by atoms with van der Waals surface area (Å²) in [6.45, 7) is 5.96. The van der Waals surface area contributed by atoms with Crippen molar-refractivity contribution in [2.75, 3.05) is 79.3 Å². The summed E-state index contributed by atoms with van der Waals surface area (Å²) in [5.74, 6) is 1.53. The van der Waals surface area contributed by atoms with Gasteiger partial charge in [-0.2, -0.15) is 0 Å². The first kappa shape index (κ1) is 28.7. The van der Waals surface area contributed by atoms with Crippen molar-refractivity contribution in [3.05, 3.63) is 73.1 Å². The second-order valence-electron chi connectivity index (χ2n) is 8.42. The number of para-hydroxylation sites is 2. The number of pyridine rings is 2. The minimum absolute atomic E-state index is 0.459. The van der Waals surface area contributed by atoms with Crippen LogP contribution in [0.15, 0.2) is 73.1 Å². The van der Waals surface area contributed by atoms with Crippen LogP contribution in [0.5, 0.6) is 11.5 Å². The first-order valence-corrected chi connectivity index (χ1v) is 13.2. The Morgan fingerprint density at radius 1 is 0.385 bits per heavy atom. The van der Waals surface area contributed by atoms with Crippen molar-refractivity contribution >= 4 is 21.8 Å². The molecule has 0 saturated heterocycles. The number of hydrogen-bond donors (Lipinski definition) is 0. The Morgan fingerprint density at radius 3 is 1.10 bits per heavy atom. The fourth-order valence-corrected chi connectivity index (χ4v) is 3.79. The molecule has 4 rings (SSSR count). The molecule has 0 N–H and O–H groups in total. The molecule has 39 heavy (non-hydrogen) atoms. The fraction of sp³-hybridized carbons (Fsp3) is 0.400. The van der Waals surface area contributed by atoms with Crippen molar-refractivity contribution in [1.82, 2.24) is 9.97 Å². The van der Waals surface area contributed by atoms with E-state index in [0.717, 1.165) is 33.3 Å². The molecule has 0 spiro atoms. The normalized spacial score (nSPS) is 11.3. The van der Waals surface area contributed by atoms with Gasteiger partial charge in [-0.1, -0.05) is 36.4 Å². The highest BCUT2D eigenvalue weighted by atomic mass is 16.6. The van der Waals surface area contributed by atoms with E-state index in [1.807, 2.05) is 60.7 Å². The maximum Gasteiger partial charge on any atom is 0.145 e. The third-order valence-electron chi connectivity index (χ3n) is 5.65. The van der Waals surface area contributed by atoms with E-state index in [2.05, 4.69) is 9.97 Å². The minimum Gasteiger partial charge on any atom is -0.489 e. The number of benzene rings is 2. The highest BCUT2D eigenvalue weighted by Gasteiger charge is 2.03. The van der Waals surface area contributed by atoms with Crippen molar-refractivity contribution in [1.29, 1.82) is 0 Å². The molecular formula is C30H36N2O7. The maximum absolute atomic E-state index is 5.80. The van der Waals surface area contributed by atoms with Crippen molar-refractivity contribution in [3.8, 4) is 11.5 Å². The Hall–Kier alpha value is -3.34. The number of rotatable bonds is 20. The minimum atomic E-state index is 0.459. The molecule has 2 heterocycles. The number of nitrogens with zero attached hydrogens (tertiary/aromatic N) is 2. The van der Waals surface area contributed by atoms with Crippen LogP contribution in [0, 0.1) is 0 Å². The van der Waals surface area contributed by atoms with E-state index in [9.17, 15) is 0 Å². The van der Waals surface area contributed by atoms with E-state index in [1.165, 1.54) is 0 Å². The maximum atomic E-state index is 5.80. The van der Waals surface area contributed by atoms with Gasteiger partial charge < -0.3 is 33.2 Å². The first-order chi connectivity index (χ1) is 19.4. The topological polar surface area (TPSA) is 90.4 Å². The lowest BCUT2D eigenvalue weighted by atomic mass is 10.2. The Labute approximate surface area is 228 Å². The Kier molecular flexibility index (Phi) is 12.7. The number of ether oxygens (including phenoxy) is 7. The van der Waals surface area contributed by atoms with Crippen LogP contribution in [0.1, 0.15) is 0 Å². The lowest BCUT2D eigenvalue weighted by Crippen LogP contribution is -2.15. The molecule has 2 aromatic carbocycles. The highest BCUT2D eigenvalue weighted by Crippen LogP contribution is 2.23. The third-order valence-corrected chi connectivity index (χ3v) is 5.65. The number of aromatic nitrogens is 2. The van der Waals surface area contributed by atoms with Crippen LogP contribution in [0.3, 0.4) is 0 Å². The van der Waals surface area contributed by atoms with Crippen molar-refractivity contribution in [2.24, 2.45) is 0 Å². The molecule has 9 nitrogen and oxygen atoms in total. The molecule has 0 aliphatic rings.